The van der Waals surface area contributed by atoms with E-state index in [0.29, 0.717) is 157 Å². The van der Waals surface area contributed by atoms with Crippen LogP contribution in [0.4, 0.5) is 0 Å². The van der Waals surface area contributed by atoms with Crippen LogP contribution >= 0.6 is 0 Å². The number of rotatable bonds is 36. The molecule has 0 aromatic heterocycles. The molecule has 0 unspecified atom stereocenters. The first-order chi connectivity index (χ1) is 23.9. The van der Waals surface area contributed by atoms with Crippen molar-refractivity contribution in [2.24, 2.45) is 0 Å². The number of carbonyl (C=O) groups is 1. The molecular weight excluding hydrogens is 628 g/mol. The van der Waals surface area contributed by atoms with E-state index in [0.717, 1.165) is 12.0 Å². The SMILES string of the molecule is O=Cc1ccc(OCCOCCOCCOCCOCCOCCOCCOCCOCCOCCOCCOc2ccccc2)cc1. The van der Waals surface area contributed by atoms with Gasteiger partial charge in [-0.1, -0.05) is 18.2 Å². The van der Waals surface area contributed by atoms with Gasteiger partial charge in [0.15, 0.2) is 0 Å². The fourth-order valence-corrected chi connectivity index (χ4v) is 3.68. The van der Waals surface area contributed by atoms with Gasteiger partial charge in [0.2, 0.25) is 0 Å². The van der Waals surface area contributed by atoms with Crippen molar-refractivity contribution in [1.82, 2.24) is 0 Å². The lowest BCUT2D eigenvalue weighted by atomic mass is 10.2. The van der Waals surface area contributed by atoms with Crippen molar-refractivity contribution in [3.63, 3.8) is 0 Å². The summed E-state index contributed by atoms with van der Waals surface area (Å²) >= 11 is 0. The molecule has 272 valence electrons. The number of aldehydes is 1. The summed E-state index contributed by atoms with van der Waals surface area (Å²) in [5, 5.41) is 0. The van der Waals surface area contributed by atoms with E-state index in [-0.39, 0.29) is 0 Å². The van der Waals surface area contributed by atoms with Crippen molar-refractivity contribution in [3.8, 4) is 11.5 Å². The maximum atomic E-state index is 10.6. The molecule has 0 saturated carbocycles. The minimum atomic E-state index is 0.430. The highest BCUT2D eigenvalue weighted by Crippen LogP contribution is 2.10. The molecule has 2 aromatic carbocycles. The van der Waals surface area contributed by atoms with Crippen LogP contribution in [0.15, 0.2) is 54.6 Å². The summed E-state index contributed by atoms with van der Waals surface area (Å²) in [6, 6.07) is 16.6. The van der Waals surface area contributed by atoms with Crippen LogP contribution in [0.3, 0.4) is 0 Å². The Balaban J connectivity index is 1.14. The molecule has 0 heterocycles. The van der Waals surface area contributed by atoms with Crippen molar-refractivity contribution >= 4 is 6.29 Å². The molecule has 2 rings (SSSR count). The number of benzene rings is 2. The van der Waals surface area contributed by atoms with Gasteiger partial charge in [-0.05, 0) is 36.4 Å². The van der Waals surface area contributed by atoms with Crippen LogP contribution in [0.25, 0.3) is 0 Å². The third-order valence-corrected chi connectivity index (χ3v) is 6.10. The fraction of sp³-hybridized carbons (Fsp3) is 0.629. The van der Waals surface area contributed by atoms with Gasteiger partial charge in [0.1, 0.15) is 31.0 Å². The predicted octanol–water partition coefficient (Wildman–Crippen LogP) is 3.12. The number of hydrogen-bond donors (Lipinski definition) is 0. The first kappa shape index (κ1) is 41.5. The van der Waals surface area contributed by atoms with Crippen LogP contribution in [-0.2, 0) is 47.4 Å². The highest BCUT2D eigenvalue weighted by atomic mass is 16.6. The molecule has 0 saturated heterocycles. The van der Waals surface area contributed by atoms with Gasteiger partial charge in [-0.2, -0.15) is 0 Å². The van der Waals surface area contributed by atoms with Crippen molar-refractivity contribution in [2.45, 2.75) is 0 Å². The Morgan fingerprint density at radius 3 is 0.833 bits per heavy atom. The molecule has 0 amide bonds. The molecule has 0 aliphatic carbocycles. The highest BCUT2D eigenvalue weighted by Gasteiger charge is 1.98. The summed E-state index contributed by atoms with van der Waals surface area (Å²) in [6.45, 7) is 10.9. The topological polar surface area (TPSA) is 128 Å². The minimum Gasteiger partial charge on any atom is -0.491 e. The predicted molar refractivity (Wildman–Crippen MR) is 177 cm³/mol. The van der Waals surface area contributed by atoms with Crippen molar-refractivity contribution in [3.05, 3.63) is 60.2 Å². The summed E-state index contributed by atoms with van der Waals surface area (Å²) in [4.78, 5) is 10.6. The second-order valence-corrected chi connectivity index (χ2v) is 9.82. The largest absolute Gasteiger partial charge is 0.491 e. The Labute approximate surface area is 284 Å². The lowest BCUT2D eigenvalue weighted by Gasteiger charge is -2.09. The van der Waals surface area contributed by atoms with Gasteiger partial charge in [-0.3, -0.25) is 4.79 Å². The maximum absolute atomic E-state index is 10.6. The van der Waals surface area contributed by atoms with Gasteiger partial charge in [0.05, 0.1) is 132 Å². The molecule has 0 aliphatic heterocycles. The Hall–Kier alpha value is -2.69. The maximum Gasteiger partial charge on any atom is 0.150 e. The first-order valence-corrected chi connectivity index (χ1v) is 16.5. The number of ether oxygens (including phenoxy) is 12. The van der Waals surface area contributed by atoms with E-state index in [2.05, 4.69) is 0 Å². The number of carbonyl (C=O) groups excluding carboxylic acids is 1. The van der Waals surface area contributed by atoms with Crippen LogP contribution in [0.5, 0.6) is 11.5 Å². The molecule has 13 heteroatoms. The number of para-hydroxylation sites is 1. The zero-order valence-corrected chi connectivity index (χ0v) is 28.1. The molecule has 0 bridgehead atoms. The third-order valence-electron chi connectivity index (χ3n) is 6.10. The second-order valence-electron chi connectivity index (χ2n) is 9.82. The molecule has 0 atom stereocenters. The van der Waals surface area contributed by atoms with E-state index in [1.165, 1.54) is 0 Å². The van der Waals surface area contributed by atoms with Crippen LogP contribution in [0, 0.1) is 0 Å². The normalized spacial score (nSPS) is 11.2. The van der Waals surface area contributed by atoms with Gasteiger partial charge in [-0.15, -0.1) is 0 Å². The molecular formula is C35H54O13. The summed E-state index contributed by atoms with van der Waals surface area (Å²) in [5.41, 5.74) is 0.618. The average Bonchev–Trinajstić information content (AvgIpc) is 3.12. The lowest BCUT2D eigenvalue weighted by Crippen LogP contribution is -2.15. The highest BCUT2D eigenvalue weighted by molar-refractivity contribution is 5.74. The molecule has 2 aromatic rings. The van der Waals surface area contributed by atoms with Crippen molar-refractivity contribution < 1.29 is 61.6 Å². The monoisotopic (exact) mass is 682 g/mol. The van der Waals surface area contributed by atoms with Crippen molar-refractivity contribution in [2.75, 3.05) is 145 Å². The van der Waals surface area contributed by atoms with Crippen LogP contribution < -0.4 is 9.47 Å². The molecule has 0 aliphatic rings. The van der Waals surface area contributed by atoms with E-state index in [1.54, 1.807) is 24.3 Å². The molecule has 0 radical (unpaired) electrons. The Kier molecular flexibility index (Phi) is 28.4. The summed E-state index contributed by atoms with van der Waals surface area (Å²) in [7, 11) is 0. The van der Waals surface area contributed by atoms with Crippen LogP contribution in [0.1, 0.15) is 10.4 Å². The molecule has 13 nitrogen and oxygen atoms in total. The Morgan fingerprint density at radius 2 is 0.562 bits per heavy atom. The van der Waals surface area contributed by atoms with Gasteiger partial charge >= 0.3 is 0 Å². The summed E-state index contributed by atoms with van der Waals surface area (Å²) in [5.74, 6) is 1.54. The van der Waals surface area contributed by atoms with Gasteiger partial charge in [-0.25, -0.2) is 0 Å². The quantitative estimate of drug-likeness (QED) is 0.0772. The van der Waals surface area contributed by atoms with E-state index in [9.17, 15) is 4.79 Å². The fourth-order valence-electron chi connectivity index (χ4n) is 3.68. The van der Waals surface area contributed by atoms with Crippen LogP contribution in [0.2, 0.25) is 0 Å². The number of hydrogen-bond acceptors (Lipinski definition) is 13. The van der Waals surface area contributed by atoms with Crippen LogP contribution in [-0.4, -0.2) is 152 Å². The van der Waals surface area contributed by atoms with Gasteiger partial charge in [0.25, 0.3) is 0 Å². The lowest BCUT2D eigenvalue weighted by molar-refractivity contribution is -0.0269. The molecule has 0 N–H and O–H groups in total. The van der Waals surface area contributed by atoms with Gasteiger partial charge in [0, 0.05) is 5.56 Å². The Morgan fingerprint density at radius 1 is 0.312 bits per heavy atom. The minimum absolute atomic E-state index is 0.430. The average molecular weight is 683 g/mol. The van der Waals surface area contributed by atoms with Crippen molar-refractivity contribution in [1.29, 1.82) is 0 Å². The van der Waals surface area contributed by atoms with E-state index < -0.39 is 0 Å². The summed E-state index contributed by atoms with van der Waals surface area (Å²) in [6.07, 6.45) is 0.798. The smallest absolute Gasteiger partial charge is 0.150 e. The standard InChI is InChI=1S/C35H54O13/c36-32-33-6-8-35(9-7-33)48-31-29-46-27-25-44-23-21-42-19-17-40-15-13-38-11-10-37-12-14-39-16-18-41-20-22-43-24-26-45-28-30-47-34-4-2-1-3-5-34/h1-9,32H,10-31H2. The van der Waals surface area contributed by atoms with Gasteiger partial charge < -0.3 is 56.8 Å². The molecule has 48 heavy (non-hydrogen) atoms. The molecule has 0 spiro atoms. The molecule has 0 fully saturated rings. The second kappa shape index (κ2) is 32.8. The van der Waals surface area contributed by atoms with E-state index >= 15 is 0 Å². The zero-order valence-electron chi connectivity index (χ0n) is 28.1. The van der Waals surface area contributed by atoms with E-state index in [4.69, 9.17) is 56.8 Å². The summed E-state index contributed by atoms with van der Waals surface area (Å²) < 4.78 is 65.9. The zero-order chi connectivity index (χ0) is 33.8. The third kappa shape index (κ3) is 26.3. The Bertz CT molecular complexity index is 949. The van der Waals surface area contributed by atoms with E-state index in [1.807, 2.05) is 30.3 Å². The first-order valence-electron chi connectivity index (χ1n) is 16.5.